The summed E-state index contributed by atoms with van der Waals surface area (Å²) in [5, 5.41) is 0. The van der Waals surface area contributed by atoms with Crippen LogP contribution in [0.2, 0.25) is 0 Å². The van der Waals surface area contributed by atoms with Crippen molar-refractivity contribution < 1.29 is 19.1 Å². The molecule has 0 N–H and O–H groups in total. The third kappa shape index (κ3) is 3.24. The van der Waals surface area contributed by atoms with Gasteiger partial charge in [-0.05, 0) is 19.1 Å². The number of ether oxygens (including phenoxy) is 2. The van der Waals surface area contributed by atoms with Crippen LogP contribution in [0, 0.1) is 0 Å². The van der Waals surface area contributed by atoms with E-state index in [2.05, 4.69) is 4.74 Å². The second kappa shape index (κ2) is 5.70. The van der Waals surface area contributed by atoms with Crippen molar-refractivity contribution in [3.63, 3.8) is 0 Å². The lowest BCUT2D eigenvalue weighted by atomic mass is 10.2. The molecule has 0 aromatic heterocycles. The highest BCUT2D eigenvalue weighted by molar-refractivity contribution is 5.82. The van der Waals surface area contributed by atoms with E-state index in [1.807, 2.05) is 0 Å². The third-order valence-electron chi connectivity index (χ3n) is 1.84. The van der Waals surface area contributed by atoms with E-state index in [0.717, 1.165) is 0 Å². The monoisotopic (exact) mass is 220 g/mol. The van der Waals surface area contributed by atoms with E-state index in [9.17, 15) is 9.59 Å². The molecule has 0 saturated heterocycles. The average Bonchev–Trinajstić information content (AvgIpc) is 2.29. The maximum Gasteiger partial charge on any atom is 0.333 e. The van der Waals surface area contributed by atoms with Gasteiger partial charge in [0.25, 0.3) is 0 Å². The number of esters is 1. The Bertz CT molecular complexity index is 421. The van der Waals surface area contributed by atoms with Crippen LogP contribution >= 0.6 is 0 Å². The van der Waals surface area contributed by atoms with Crippen LogP contribution in [0.15, 0.2) is 36.1 Å². The van der Waals surface area contributed by atoms with Crippen LogP contribution in [0.25, 0.3) is 0 Å². The van der Waals surface area contributed by atoms with Crippen LogP contribution in [0.1, 0.15) is 17.3 Å². The molecule has 1 aromatic rings. The summed E-state index contributed by atoms with van der Waals surface area (Å²) in [7, 11) is 1.28. The Kier molecular flexibility index (Phi) is 4.27. The topological polar surface area (TPSA) is 52.6 Å². The Morgan fingerprint density at radius 1 is 1.31 bits per heavy atom. The van der Waals surface area contributed by atoms with Crippen molar-refractivity contribution in [1.82, 2.24) is 0 Å². The molecular formula is C12H12O4. The molecule has 84 valence electrons. The molecule has 0 amide bonds. The Morgan fingerprint density at radius 3 is 2.62 bits per heavy atom. The number of hydrogen-bond acceptors (Lipinski definition) is 4. The number of para-hydroxylation sites is 1. The van der Waals surface area contributed by atoms with Crippen LogP contribution in [0.3, 0.4) is 0 Å². The van der Waals surface area contributed by atoms with Gasteiger partial charge in [-0.15, -0.1) is 0 Å². The van der Waals surface area contributed by atoms with E-state index in [1.54, 1.807) is 31.2 Å². The SMILES string of the molecule is COC(=O)/C=C(/C)Oc1ccccc1C=O. The Hall–Kier alpha value is -2.10. The third-order valence-corrected chi connectivity index (χ3v) is 1.84. The second-order valence-corrected chi connectivity index (χ2v) is 3.04. The van der Waals surface area contributed by atoms with Crippen LogP contribution in [0.4, 0.5) is 0 Å². The first-order valence-electron chi connectivity index (χ1n) is 4.65. The van der Waals surface area contributed by atoms with Crippen LogP contribution in [0.5, 0.6) is 5.75 Å². The molecule has 0 aliphatic carbocycles. The first-order valence-corrected chi connectivity index (χ1v) is 4.65. The van der Waals surface area contributed by atoms with Gasteiger partial charge >= 0.3 is 5.97 Å². The molecule has 0 fully saturated rings. The molecule has 16 heavy (non-hydrogen) atoms. The lowest BCUT2D eigenvalue weighted by molar-refractivity contribution is -0.135. The zero-order chi connectivity index (χ0) is 12.0. The highest BCUT2D eigenvalue weighted by atomic mass is 16.5. The number of benzene rings is 1. The summed E-state index contributed by atoms with van der Waals surface area (Å²) < 4.78 is 9.79. The Labute approximate surface area is 93.5 Å². The number of carbonyl (C=O) groups excluding carboxylic acids is 2. The molecule has 0 radical (unpaired) electrons. The minimum Gasteiger partial charge on any atom is -0.466 e. The first kappa shape index (κ1) is 12.0. The van der Waals surface area contributed by atoms with E-state index >= 15 is 0 Å². The number of methoxy groups -OCH3 is 1. The van der Waals surface area contributed by atoms with Crippen molar-refractivity contribution >= 4 is 12.3 Å². The summed E-state index contributed by atoms with van der Waals surface area (Å²) >= 11 is 0. The van der Waals surface area contributed by atoms with E-state index in [-0.39, 0.29) is 0 Å². The van der Waals surface area contributed by atoms with Crippen molar-refractivity contribution in [2.75, 3.05) is 7.11 Å². The molecule has 1 aromatic carbocycles. The lowest BCUT2D eigenvalue weighted by Crippen LogP contribution is -2.00. The second-order valence-electron chi connectivity index (χ2n) is 3.04. The van der Waals surface area contributed by atoms with E-state index in [1.165, 1.54) is 13.2 Å². The van der Waals surface area contributed by atoms with Gasteiger partial charge in [0.2, 0.25) is 0 Å². The predicted octanol–water partition coefficient (Wildman–Crippen LogP) is 1.95. The average molecular weight is 220 g/mol. The minimum absolute atomic E-state index is 0.362. The molecular weight excluding hydrogens is 208 g/mol. The van der Waals surface area contributed by atoms with E-state index in [0.29, 0.717) is 23.4 Å². The van der Waals surface area contributed by atoms with Gasteiger partial charge in [0.1, 0.15) is 11.5 Å². The van der Waals surface area contributed by atoms with Gasteiger partial charge in [-0.3, -0.25) is 4.79 Å². The lowest BCUT2D eigenvalue weighted by Gasteiger charge is -2.07. The normalized spacial score (nSPS) is 10.8. The maximum atomic E-state index is 10.9. The zero-order valence-electron chi connectivity index (χ0n) is 9.10. The number of carbonyl (C=O) groups is 2. The fourth-order valence-corrected chi connectivity index (χ4v) is 1.10. The molecule has 4 heteroatoms. The largest absolute Gasteiger partial charge is 0.466 e. The van der Waals surface area contributed by atoms with Gasteiger partial charge in [-0.2, -0.15) is 0 Å². The summed E-state index contributed by atoms with van der Waals surface area (Å²) in [6.07, 6.45) is 1.91. The highest BCUT2D eigenvalue weighted by Gasteiger charge is 2.03. The summed E-state index contributed by atoms with van der Waals surface area (Å²) in [5.74, 6) is 0.275. The van der Waals surface area contributed by atoms with Crippen molar-refractivity contribution in [3.05, 3.63) is 41.7 Å². The molecule has 0 heterocycles. The summed E-state index contributed by atoms with van der Waals surface area (Å²) in [6, 6.07) is 6.76. The highest BCUT2D eigenvalue weighted by Crippen LogP contribution is 2.18. The van der Waals surface area contributed by atoms with Gasteiger partial charge in [-0.25, -0.2) is 4.79 Å². The smallest absolute Gasteiger partial charge is 0.333 e. The quantitative estimate of drug-likeness (QED) is 0.337. The van der Waals surface area contributed by atoms with Crippen LogP contribution in [-0.2, 0) is 9.53 Å². The summed E-state index contributed by atoms with van der Waals surface area (Å²) in [5.41, 5.74) is 0.431. The number of rotatable bonds is 4. The van der Waals surface area contributed by atoms with Crippen molar-refractivity contribution in [2.45, 2.75) is 6.92 Å². The predicted molar refractivity (Wildman–Crippen MR) is 58.2 cm³/mol. The molecule has 0 aliphatic rings. The molecule has 4 nitrogen and oxygen atoms in total. The number of hydrogen-bond donors (Lipinski definition) is 0. The molecule has 0 bridgehead atoms. The van der Waals surface area contributed by atoms with Gasteiger partial charge in [0.15, 0.2) is 6.29 Å². The first-order chi connectivity index (χ1) is 7.67. The number of allylic oxidation sites excluding steroid dienone is 1. The molecule has 1 rings (SSSR count). The molecule has 0 atom stereocenters. The van der Waals surface area contributed by atoms with Gasteiger partial charge in [0.05, 0.1) is 18.7 Å². The summed E-state index contributed by atoms with van der Waals surface area (Å²) in [6.45, 7) is 1.61. The fraction of sp³-hybridized carbons (Fsp3) is 0.167. The van der Waals surface area contributed by atoms with Crippen LogP contribution < -0.4 is 4.74 Å². The van der Waals surface area contributed by atoms with Crippen molar-refractivity contribution in [1.29, 1.82) is 0 Å². The molecule has 0 spiro atoms. The summed E-state index contributed by atoms with van der Waals surface area (Å²) in [4.78, 5) is 21.6. The zero-order valence-corrected chi connectivity index (χ0v) is 9.10. The number of aldehydes is 1. The van der Waals surface area contributed by atoms with E-state index in [4.69, 9.17) is 4.74 Å². The Morgan fingerprint density at radius 2 is 2.00 bits per heavy atom. The van der Waals surface area contributed by atoms with Gasteiger partial charge in [0, 0.05) is 0 Å². The van der Waals surface area contributed by atoms with Crippen molar-refractivity contribution in [2.24, 2.45) is 0 Å². The van der Waals surface area contributed by atoms with E-state index < -0.39 is 5.97 Å². The van der Waals surface area contributed by atoms with Crippen LogP contribution in [-0.4, -0.2) is 19.4 Å². The molecule has 0 aliphatic heterocycles. The Balaban J connectivity index is 2.84. The fourth-order valence-electron chi connectivity index (χ4n) is 1.10. The molecule has 0 unspecified atom stereocenters. The van der Waals surface area contributed by atoms with Crippen molar-refractivity contribution in [3.8, 4) is 5.75 Å². The molecule has 0 saturated carbocycles. The maximum absolute atomic E-state index is 10.9. The van der Waals surface area contributed by atoms with Gasteiger partial charge < -0.3 is 9.47 Å². The van der Waals surface area contributed by atoms with Gasteiger partial charge in [-0.1, -0.05) is 12.1 Å². The standard InChI is InChI=1S/C12H12O4/c1-9(7-12(14)15-2)16-11-6-4-3-5-10(11)8-13/h3-8H,1-2H3/b9-7-. The minimum atomic E-state index is -0.499.